The van der Waals surface area contributed by atoms with Crippen LogP contribution in [0.2, 0.25) is 0 Å². The molecule has 1 heteroatoms. The summed E-state index contributed by atoms with van der Waals surface area (Å²) in [5, 5.41) is 3.32. The van der Waals surface area contributed by atoms with E-state index in [-0.39, 0.29) is 7.92 Å². The summed E-state index contributed by atoms with van der Waals surface area (Å²) in [5.41, 5.74) is 11.3. The van der Waals surface area contributed by atoms with Crippen LogP contribution in [-0.2, 0) is 12.8 Å². The summed E-state index contributed by atoms with van der Waals surface area (Å²) >= 11 is 0. The predicted octanol–water partition coefficient (Wildman–Crippen LogP) is 9.80. The average Bonchev–Trinajstić information content (AvgIpc) is 3.54. The zero-order valence-electron chi connectivity index (χ0n) is 20.4. The molecule has 0 fully saturated rings. The van der Waals surface area contributed by atoms with E-state index in [1.165, 1.54) is 63.5 Å². The van der Waals surface area contributed by atoms with Gasteiger partial charge in [-0.1, -0.05) is 124 Å². The number of allylic oxidation sites excluding steroid dienone is 2. The predicted molar refractivity (Wildman–Crippen MR) is 154 cm³/mol. The van der Waals surface area contributed by atoms with Crippen LogP contribution in [0.3, 0.4) is 0 Å². The molecule has 4 aromatic carbocycles. The first-order valence-electron chi connectivity index (χ1n) is 12.8. The number of rotatable bonds is 7. The van der Waals surface area contributed by atoms with Gasteiger partial charge in [0.25, 0.3) is 0 Å². The van der Waals surface area contributed by atoms with Crippen molar-refractivity contribution in [1.29, 1.82) is 0 Å². The molecule has 0 spiro atoms. The summed E-state index contributed by atoms with van der Waals surface area (Å²) in [6, 6.07) is 35.5. The Balaban J connectivity index is 1.35. The number of hydrogen-bond donors (Lipinski definition) is 0. The molecule has 1 atom stereocenters. The first kappa shape index (κ1) is 22.3. The number of unbranched alkanes of at least 4 members (excludes halogenated alkanes) is 1. The molecular formula is C34H31P. The highest BCUT2D eigenvalue weighted by Gasteiger charge is 2.28. The standard InChI is InChI=1S/C34H31P/c1-2-3-20-35(29-21-27-16-10-18-31(33(27)23-29)25-12-6-4-7-13-25)30-22-28-17-11-19-32(34(28)24-30)26-14-8-5-9-15-26/h4-19,21,24H,2-3,20,22-23H2,1H3. The molecule has 6 rings (SSSR count). The number of fused-ring (bicyclic) bond motifs is 2. The molecule has 2 aliphatic rings. The van der Waals surface area contributed by atoms with Gasteiger partial charge in [-0.3, -0.25) is 0 Å². The van der Waals surface area contributed by atoms with Crippen molar-refractivity contribution in [2.45, 2.75) is 32.6 Å². The van der Waals surface area contributed by atoms with Crippen molar-refractivity contribution in [3.05, 3.63) is 130 Å². The Labute approximate surface area is 210 Å². The topological polar surface area (TPSA) is 0 Å². The lowest BCUT2D eigenvalue weighted by atomic mass is 9.97. The molecule has 2 aliphatic carbocycles. The highest BCUT2D eigenvalue weighted by atomic mass is 31.1. The molecule has 172 valence electrons. The van der Waals surface area contributed by atoms with Crippen LogP contribution in [0, 0.1) is 0 Å². The minimum Gasteiger partial charge on any atom is -0.0654 e. The van der Waals surface area contributed by atoms with Crippen LogP contribution in [0.25, 0.3) is 34.4 Å². The normalized spacial score (nSPS) is 14.8. The van der Waals surface area contributed by atoms with Gasteiger partial charge in [0.05, 0.1) is 0 Å². The Hall–Kier alpha value is -3.21. The minimum absolute atomic E-state index is 0.302. The SMILES string of the molecule is CCCCP(C1=Cc2c(cccc2-c2ccccc2)C1)C1=Cc2cccc(-c3ccccc3)c2C1. The summed E-state index contributed by atoms with van der Waals surface area (Å²) in [5.74, 6) is 0. The van der Waals surface area contributed by atoms with E-state index < -0.39 is 0 Å². The van der Waals surface area contributed by atoms with Crippen LogP contribution in [0.4, 0.5) is 0 Å². The molecule has 0 saturated heterocycles. The quantitative estimate of drug-likeness (QED) is 0.236. The van der Waals surface area contributed by atoms with Crippen molar-refractivity contribution < 1.29 is 0 Å². The zero-order valence-corrected chi connectivity index (χ0v) is 21.3. The van der Waals surface area contributed by atoms with Gasteiger partial charge < -0.3 is 0 Å². The molecule has 0 aliphatic heterocycles. The second-order valence-electron chi connectivity index (χ2n) is 9.61. The fourth-order valence-electron chi connectivity index (χ4n) is 5.59. The average molecular weight is 471 g/mol. The largest absolute Gasteiger partial charge is 0.0654 e. The van der Waals surface area contributed by atoms with E-state index in [0.717, 1.165) is 12.8 Å². The molecule has 0 bridgehead atoms. The van der Waals surface area contributed by atoms with Gasteiger partial charge in [-0.25, -0.2) is 0 Å². The van der Waals surface area contributed by atoms with Gasteiger partial charge in [0.2, 0.25) is 0 Å². The van der Waals surface area contributed by atoms with Crippen LogP contribution in [0.1, 0.15) is 42.0 Å². The van der Waals surface area contributed by atoms with Crippen LogP contribution >= 0.6 is 7.92 Å². The van der Waals surface area contributed by atoms with Crippen LogP contribution in [0.15, 0.2) is 108 Å². The van der Waals surface area contributed by atoms with E-state index in [1.54, 1.807) is 10.6 Å². The smallest absolute Gasteiger partial charge is 0.000586 e. The van der Waals surface area contributed by atoms with Gasteiger partial charge in [-0.15, -0.1) is 0 Å². The molecule has 4 aromatic rings. The fraction of sp³-hybridized carbons (Fsp3) is 0.176. The van der Waals surface area contributed by atoms with E-state index in [0.29, 0.717) is 0 Å². The van der Waals surface area contributed by atoms with Gasteiger partial charge in [0, 0.05) is 0 Å². The molecule has 35 heavy (non-hydrogen) atoms. The maximum atomic E-state index is 2.56. The Kier molecular flexibility index (Phi) is 6.24. The van der Waals surface area contributed by atoms with E-state index in [1.807, 2.05) is 0 Å². The Morgan fingerprint density at radius 3 is 2.03 bits per heavy atom. The lowest BCUT2D eigenvalue weighted by molar-refractivity contribution is 0.891. The molecule has 1 unspecified atom stereocenters. The Morgan fingerprint density at radius 2 is 1.29 bits per heavy atom. The van der Waals surface area contributed by atoms with E-state index in [2.05, 4.69) is 116 Å². The lowest BCUT2D eigenvalue weighted by Gasteiger charge is -2.21. The van der Waals surface area contributed by atoms with Gasteiger partial charge in [-0.2, -0.15) is 0 Å². The maximum absolute atomic E-state index is 2.56. The minimum atomic E-state index is -0.302. The van der Waals surface area contributed by atoms with Gasteiger partial charge in [-0.05, 0) is 86.6 Å². The highest BCUT2D eigenvalue weighted by molar-refractivity contribution is 7.66. The van der Waals surface area contributed by atoms with Crippen molar-refractivity contribution in [3.63, 3.8) is 0 Å². The molecule has 0 saturated carbocycles. The third kappa shape index (κ3) is 4.33. The second kappa shape index (κ2) is 9.80. The van der Waals surface area contributed by atoms with Crippen molar-refractivity contribution >= 4 is 20.1 Å². The summed E-state index contributed by atoms with van der Waals surface area (Å²) in [6.45, 7) is 2.32. The molecule has 0 aromatic heterocycles. The molecule has 0 nitrogen and oxygen atoms in total. The van der Waals surface area contributed by atoms with E-state index in [9.17, 15) is 0 Å². The molecule has 0 amide bonds. The maximum Gasteiger partial charge on any atom is -0.000586 e. The van der Waals surface area contributed by atoms with Crippen molar-refractivity contribution in [2.24, 2.45) is 0 Å². The summed E-state index contributed by atoms with van der Waals surface area (Å²) in [6.07, 6.45) is 11.1. The third-order valence-corrected chi connectivity index (χ3v) is 10.1. The molecular weight excluding hydrogens is 439 g/mol. The first-order chi connectivity index (χ1) is 17.3. The Morgan fingerprint density at radius 1 is 0.629 bits per heavy atom. The van der Waals surface area contributed by atoms with Gasteiger partial charge >= 0.3 is 0 Å². The first-order valence-corrected chi connectivity index (χ1v) is 14.4. The van der Waals surface area contributed by atoms with Crippen LogP contribution < -0.4 is 0 Å². The van der Waals surface area contributed by atoms with Gasteiger partial charge in [0.1, 0.15) is 0 Å². The molecule has 0 heterocycles. The third-order valence-electron chi connectivity index (χ3n) is 7.37. The van der Waals surface area contributed by atoms with Gasteiger partial charge in [0.15, 0.2) is 0 Å². The molecule has 0 N–H and O–H groups in total. The summed E-state index contributed by atoms with van der Waals surface area (Å²) in [4.78, 5) is 0. The van der Waals surface area contributed by atoms with Crippen LogP contribution in [0.5, 0.6) is 0 Å². The van der Waals surface area contributed by atoms with Crippen molar-refractivity contribution in [1.82, 2.24) is 0 Å². The molecule has 0 radical (unpaired) electrons. The monoisotopic (exact) mass is 470 g/mol. The second-order valence-corrected chi connectivity index (χ2v) is 12.1. The number of benzene rings is 4. The Bertz CT molecular complexity index is 1410. The van der Waals surface area contributed by atoms with E-state index >= 15 is 0 Å². The summed E-state index contributed by atoms with van der Waals surface area (Å²) < 4.78 is 0. The highest BCUT2D eigenvalue weighted by Crippen LogP contribution is 2.60. The van der Waals surface area contributed by atoms with Crippen LogP contribution in [-0.4, -0.2) is 6.16 Å². The van der Waals surface area contributed by atoms with Crippen molar-refractivity contribution in [3.8, 4) is 22.3 Å². The zero-order chi connectivity index (χ0) is 23.6. The number of hydrogen-bond acceptors (Lipinski definition) is 0. The van der Waals surface area contributed by atoms with Crippen molar-refractivity contribution in [2.75, 3.05) is 6.16 Å². The van der Waals surface area contributed by atoms with E-state index in [4.69, 9.17) is 0 Å². The fourth-order valence-corrected chi connectivity index (χ4v) is 8.46. The summed E-state index contributed by atoms with van der Waals surface area (Å²) in [7, 11) is -0.302. The lowest BCUT2D eigenvalue weighted by Crippen LogP contribution is -1.95.